The van der Waals surface area contributed by atoms with E-state index >= 15 is 0 Å². The van der Waals surface area contributed by atoms with Gasteiger partial charge in [-0.05, 0) is 47.4 Å². The summed E-state index contributed by atoms with van der Waals surface area (Å²) < 4.78 is 5.99. The first-order valence-electron chi connectivity index (χ1n) is 11.3. The number of carbonyl (C=O) groups is 2. The second-order valence-electron chi connectivity index (χ2n) is 8.35. The summed E-state index contributed by atoms with van der Waals surface area (Å²) in [4.78, 5) is 28.5. The van der Waals surface area contributed by atoms with E-state index in [4.69, 9.17) is 4.74 Å². The standard InChI is InChI=1S/C27H30N2O3/c1-3-17-32-25-15-12-21-7-4-5-8-23(21)24(25)19-28(2)27(31)18-20-10-13-22(14-11-20)29-16-6-9-26(29)30/h4-5,7-8,10-15H,3,6,9,16-19H2,1-2H3. The molecule has 0 saturated carbocycles. The molecule has 0 spiro atoms. The lowest BCUT2D eigenvalue weighted by molar-refractivity contribution is -0.129. The smallest absolute Gasteiger partial charge is 0.227 e. The lowest BCUT2D eigenvalue weighted by atomic mass is 10.0. The van der Waals surface area contributed by atoms with Gasteiger partial charge in [-0.25, -0.2) is 0 Å². The molecule has 0 aromatic heterocycles. The molecule has 0 atom stereocenters. The normalized spacial score (nSPS) is 13.6. The molecule has 5 nitrogen and oxygen atoms in total. The average Bonchev–Trinajstić information content (AvgIpc) is 3.24. The fourth-order valence-corrected chi connectivity index (χ4v) is 4.18. The zero-order chi connectivity index (χ0) is 22.5. The number of likely N-dealkylation sites (N-methyl/N-ethyl adjacent to an activating group) is 1. The number of ether oxygens (including phenoxy) is 1. The van der Waals surface area contributed by atoms with E-state index in [9.17, 15) is 9.59 Å². The number of fused-ring (bicyclic) bond motifs is 1. The zero-order valence-corrected chi connectivity index (χ0v) is 18.8. The van der Waals surface area contributed by atoms with Crippen molar-refractivity contribution in [2.45, 2.75) is 39.2 Å². The summed E-state index contributed by atoms with van der Waals surface area (Å²) in [7, 11) is 1.84. The zero-order valence-electron chi connectivity index (χ0n) is 18.8. The highest BCUT2D eigenvalue weighted by molar-refractivity contribution is 5.95. The molecule has 1 heterocycles. The van der Waals surface area contributed by atoms with Gasteiger partial charge < -0.3 is 14.5 Å². The summed E-state index contributed by atoms with van der Waals surface area (Å²) >= 11 is 0. The Morgan fingerprint density at radius 1 is 1.06 bits per heavy atom. The summed E-state index contributed by atoms with van der Waals surface area (Å²) in [5, 5.41) is 2.25. The van der Waals surface area contributed by atoms with Gasteiger partial charge in [-0.15, -0.1) is 0 Å². The van der Waals surface area contributed by atoms with Gasteiger partial charge in [-0.1, -0.05) is 49.4 Å². The second kappa shape index (κ2) is 9.86. The van der Waals surface area contributed by atoms with E-state index in [-0.39, 0.29) is 11.8 Å². The molecule has 0 radical (unpaired) electrons. The van der Waals surface area contributed by atoms with Crippen LogP contribution in [0, 0.1) is 0 Å². The Morgan fingerprint density at radius 2 is 1.84 bits per heavy atom. The summed E-state index contributed by atoms with van der Waals surface area (Å²) in [5.41, 5.74) is 2.89. The van der Waals surface area contributed by atoms with Gasteiger partial charge >= 0.3 is 0 Å². The van der Waals surface area contributed by atoms with Gasteiger partial charge in [-0.3, -0.25) is 9.59 Å². The van der Waals surface area contributed by atoms with Crippen LogP contribution >= 0.6 is 0 Å². The summed E-state index contributed by atoms with van der Waals surface area (Å²) in [6.07, 6.45) is 2.77. The minimum Gasteiger partial charge on any atom is -0.493 e. The topological polar surface area (TPSA) is 49.9 Å². The molecular formula is C27H30N2O3. The van der Waals surface area contributed by atoms with E-state index in [1.54, 1.807) is 4.90 Å². The predicted molar refractivity (Wildman–Crippen MR) is 128 cm³/mol. The first-order valence-corrected chi connectivity index (χ1v) is 11.3. The highest BCUT2D eigenvalue weighted by atomic mass is 16.5. The Labute approximate surface area is 189 Å². The largest absolute Gasteiger partial charge is 0.493 e. The third-order valence-corrected chi connectivity index (χ3v) is 5.96. The third-order valence-electron chi connectivity index (χ3n) is 5.96. The quantitative estimate of drug-likeness (QED) is 0.508. The number of benzene rings is 3. The number of nitrogens with zero attached hydrogens (tertiary/aromatic N) is 2. The van der Waals surface area contributed by atoms with Crippen molar-refractivity contribution in [2.75, 3.05) is 25.1 Å². The number of anilines is 1. The van der Waals surface area contributed by atoms with Crippen LogP contribution in [0.1, 0.15) is 37.3 Å². The Balaban J connectivity index is 1.48. The number of rotatable bonds is 8. The molecule has 1 aliphatic rings. The van der Waals surface area contributed by atoms with Crippen molar-refractivity contribution in [1.29, 1.82) is 0 Å². The lowest BCUT2D eigenvalue weighted by Crippen LogP contribution is -2.28. The number of amides is 2. The lowest BCUT2D eigenvalue weighted by Gasteiger charge is -2.21. The van der Waals surface area contributed by atoms with Crippen LogP contribution in [0.2, 0.25) is 0 Å². The summed E-state index contributed by atoms with van der Waals surface area (Å²) in [5.74, 6) is 1.05. The average molecular weight is 431 g/mol. The van der Waals surface area contributed by atoms with E-state index in [2.05, 4.69) is 25.1 Å². The Morgan fingerprint density at radius 3 is 2.56 bits per heavy atom. The summed E-state index contributed by atoms with van der Waals surface area (Å²) in [6, 6.07) is 20.0. The van der Waals surface area contributed by atoms with E-state index in [0.717, 1.165) is 52.7 Å². The Bertz CT molecular complexity index is 1110. The van der Waals surface area contributed by atoms with Crippen molar-refractivity contribution in [2.24, 2.45) is 0 Å². The molecule has 3 aromatic carbocycles. The van der Waals surface area contributed by atoms with Crippen LogP contribution < -0.4 is 9.64 Å². The van der Waals surface area contributed by atoms with Crippen LogP contribution in [-0.4, -0.2) is 36.9 Å². The maximum Gasteiger partial charge on any atom is 0.227 e. The highest BCUT2D eigenvalue weighted by Crippen LogP contribution is 2.30. The Hall–Kier alpha value is -3.34. The fourth-order valence-electron chi connectivity index (χ4n) is 4.18. The van der Waals surface area contributed by atoms with Crippen LogP contribution in [0.15, 0.2) is 60.7 Å². The number of carbonyl (C=O) groups excluding carboxylic acids is 2. The van der Waals surface area contributed by atoms with Crippen molar-refractivity contribution in [3.8, 4) is 5.75 Å². The van der Waals surface area contributed by atoms with Gasteiger partial charge in [0, 0.05) is 37.8 Å². The molecule has 0 N–H and O–H groups in total. The minimum absolute atomic E-state index is 0.0457. The molecule has 0 aliphatic carbocycles. The first-order chi connectivity index (χ1) is 15.6. The van der Waals surface area contributed by atoms with Crippen LogP contribution in [-0.2, 0) is 22.6 Å². The molecular weight excluding hydrogens is 400 g/mol. The molecule has 4 rings (SSSR count). The van der Waals surface area contributed by atoms with Crippen LogP contribution in [0.4, 0.5) is 5.69 Å². The SMILES string of the molecule is CCCOc1ccc2ccccc2c1CN(C)C(=O)Cc1ccc(N2CCCC2=O)cc1. The van der Waals surface area contributed by atoms with Gasteiger partial charge in [0.05, 0.1) is 13.0 Å². The van der Waals surface area contributed by atoms with Gasteiger partial charge in [0.25, 0.3) is 0 Å². The second-order valence-corrected chi connectivity index (χ2v) is 8.35. The maximum absolute atomic E-state index is 13.0. The Kier molecular flexibility index (Phi) is 6.74. The minimum atomic E-state index is 0.0457. The fraction of sp³-hybridized carbons (Fsp3) is 0.333. The van der Waals surface area contributed by atoms with Gasteiger partial charge in [0.2, 0.25) is 11.8 Å². The van der Waals surface area contributed by atoms with Gasteiger partial charge in [0.1, 0.15) is 5.75 Å². The molecule has 5 heteroatoms. The monoisotopic (exact) mass is 430 g/mol. The van der Waals surface area contributed by atoms with Crippen molar-refractivity contribution < 1.29 is 14.3 Å². The third kappa shape index (κ3) is 4.77. The molecule has 3 aromatic rings. The van der Waals surface area contributed by atoms with E-state index < -0.39 is 0 Å². The molecule has 1 saturated heterocycles. The van der Waals surface area contributed by atoms with Crippen molar-refractivity contribution >= 4 is 28.3 Å². The van der Waals surface area contributed by atoms with Gasteiger partial charge in [-0.2, -0.15) is 0 Å². The van der Waals surface area contributed by atoms with E-state index in [1.807, 2.05) is 54.4 Å². The summed E-state index contributed by atoms with van der Waals surface area (Å²) in [6.45, 7) is 3.99. The molecule has 0 bridgehead atoms. The molecule has 32 heavy (non-hydrogen) atoms. The van der Waals surface area contributed by atoms with Crippen molar-refractivity contribution in [3.63, 3.8) is 0 Å². The number of hydrogen-bond acceptors (Lipinski definition) is 3. The molecule has 2 amide bonds. The molecule has 1 aliphatic heterocycles. The maximum atomic E-state index is 13.0. The predicted octanol–water partition coefficient (Wildman–Crippen LogP) is 4.96. The molecule has 1 fully saturated rings. The van der Waals surface area contributed by atoms with Crippen LogP contribution in [0.5, 0.6) is 5.75 Å². The van der Waals surface area contributed by atoms with Gasteiger partial charge in [0.15, 0.2) is 0 Å². The van der Waals surface area contributed by atoms with Crippen molar-refractivity contribution in [3.05, 3.63) is 71.8 Å². The van der Waals surface area contributed by atoms with E-state index in [0.29, 0.717) is 26.0 Å². The van der Waals surface area contributed by atoms with E-state index in [1.165, 1.54) is 0 Å². The van der Waals surface area contributed by atoms with Crippen molar-refractivity contribution in [1.82, 2.24) is 4.90 Å². The highest BCUT2D eigenvalue weighted by Gasteiger charge is 2.21. The first kappa shape index (κ1) is 21.9. The molecule has 166 valence electrons. The van der Waals surface area contributed by atoms with Crippen LogP contribution in [0.3, 0.4) is 0 Å². The number of hydrogen-bond donors (Lipinski definition) is 0. The molecule has 0 unspecified atom stereocenters. The van der Waals surface area contributed by atoms with Crippen LogP contribution in [0.25, 0.3) is 10.8 Å².